The number of sulfonamides is 1. The number of benzene rings is 1. The quantitative estimate of drug-likeness (QED) is 0.611. The fourth-order valence-corrected chi connectivity index (χ4v) is 6.02. The molecule has 188 valence electrons. The molecule has 0 unspecified atom stereocenters. The number of amides is 2. The minimum atomic E-state index is -3.81. The van der Waals surface area contributed by atoms with Gasteiger partial charge in [0.15, 0.2) is 11.6 Å². The molecular weight excluding hydrogens is 492 g/mol. The number of hydrogen-bond acceptors (Lipinski definition) is 5. The van der Waals surface area contributed by atoms with Crippen molar-refractivity contribution in [1.82, 2.24) is 19.9 Å². The van der Waals surface area contributed by atoms with Gasteiger partial charge in [-0.2, -0.15) is 0 Å². The number of carbonyl (C=O) groups excluding carboxylic acids is 1. The highest BCUT2D eigenvalue weighted by molar-refractivity contribution is 7.90. The summed E-state index contributed by atoms with van der Waals surface area (Å²) in [6.07, 6.45) is -3.95. The first-order valence-electron chi connectivity index (χ1n) is 11.1. The number of halogens is 4. The molecular formula is C22H22F4N4O4S. The van der Waals surface area contributed by atoms with Gasteiger partial charge in [-0.3, -0.25) is 0 Å². The van der Waals surface area contributed by atoms with Gasteiger partial charge in [0.1, 0.15) is 6.17 Å². The van der Waals surface area contributed by atoms with Gasteiger partial charge in [-0.1, -0.05) is 12.1 Å². The van der Waals surface area contributed by atoms with E-state index >= 15 is 8.78 Å². The minimum Gasteiger partial charge on any atom is -0.435 e. The molecule has 0 radical (unpaired) electrons. The maximum Gasteiger partial charge on any atom is 0.318 e. The van der Waals surface area contributed by atoms with Crippen molar-refractivity contribution >= 4 is 16.1 Å². The van der Waals surface area contributed by atoms with Crippen molar-refractivity contribution in [2.24, 2.45) is 0 Å². The molecule has 0 spiro atoms. The van der Waals surface area contributed by atoms with Crippen LogP contribution in [-0.4, -0.2) is 54.4 Å². The fraction of sp³-hybridized carbons (Fsp3) is 0.455. The third kappa shape index (κ3) is 4.66. The molecule has 3 aliphatic rings. The highest BCUT2D eigenvalue weighted by Crippen LogP contribution is 2.35. The van der Waals surface area contributed by atoms with Crippen LogP contribution in [0.15, 0.2) is 30.3 Å². The van der Waals surface area contributed by atoms with Crippen LogP contribution in [0.4, 0.5) is 22.4 Å². The van der Waals surface area contributed by atoms with Crippen molar-refractivity contribution in [2.75, 3.05) is 6.54 Å². The molecule has 1 saturated carbocycles. The summed E-state index contributed by atoms with van der Waals surface area (Å²) < 4.78 is 90.4. The summed E-state index contributed by atoms with van der Waals surface area (Å²) in [4.78, 5) is 18.1. The largest absolute Gasteiger partial charge is 0.435 e. The average molecular weight is 515 g/mol. The predicted octanol–water partition coefficient (Wildman–Crippen LogP) is 3.19. The summed E-state index contributed by atoms with van der Waals surface area (Å²) in [6, 6.07) is 3.35. The van der Waals surface area contributed by atoms with Crippen LogP contribution in [0.5, 0.6) is 11.6 Å². The minimum absolute atomic E-state index is 0.00372. The van der Waals surface area contributed by atoms with Crippen molar-refractivity contribution in [2.45, 2.75) is 55.7 Å². The number of urea groups is 1. The molecule has 2 fully saturated rings. The molecule has 2 aliphatic heterocycles. The molecule has 2 N–H and O–H groups in total. The van der Waals surface area contributed by atoms with E-state index in [2.05, 4.69) is 15.0 Å². The molecule has 1 aromatic carbocycles. The van der Waals surface area contributed by atoms with Crippen molar-refractivity contribution < 1.29 is 35.5 Å². The van der Waals surface area contributed by atoms with Gasteiger partial charge in [0.25, 0.3) is 6.43 Å². The molecule has 2 aromatic rings. The number of ether oxygens (including phenoxy) is 1. The number of pyridine rings is 1. The molecule has 1 saturated heterocycles. The molecule has 8 nitrogen and oxygen atoms in total. The van der Waals surface area contributed by atoms with E-state index in [1.165, 1.54) is 24.3 Å². The topological polar surface area (TPSA) is 101 Å². The van der Waals surface area contributed by atoms with Gasteiger partial charge < -0.3 is 15.0 Å². The zero-order valence-corrected chi connectivity index (χ0v) is 19.1. The maximum atomic E-state index is 15.4. The second-order valence-electron chi connectivity index (χ2n) is 8.82. The third-order valence-corrected chi connectivity index (χ3v) is 8.33. The molecule has 35 heavy (non-hydrogen) atoms. The highest BCUT2D eigenvalue weighted by Gasteiger charge is 2.48. The summed E-state index contributed by atoms with van der Waals surface area (Å²) in [5.41, 5.74) is -0.383. The number of fused-ring (bicyclic) bond motifs is 5. The van der Waals surface area contributed by atoms with Gasteiger partial charge in [-0.05, 0) is 43.0 Å². The van der Waals surface area contributed by atoms with E-state index in [1.54, 1.807) is 0 Å². The fourth-order valence-electron chi connectivity index (χ4n) is 4.38. The van der Waals surface area contributed by atoms with Crippen molar-refractivity contribution in [3.05, 3.63) is 53.0 Å². The molecule has 2 amide bonds. The molecule has 3 atom stereocenters. The highest BCUT2D eigenvalue weighted by atomic mass is 32.2. The molecule has 1 aliphatic carbocycles. The first-order valence-corrected chi connectivity index (χ1v) is 12.6. The Balaban J connectivity index is 1.55. The van der Waals surface area contributed by atoms with E-state index in [0.717, 1.165) is 11.0 Å². The number of nitrogens with zero attached hydrogens (tertiary/aromatic N) is 2. The zero-order chi connectivity index (χ0) is 24.9. The average Bonchev–Trinajstić information content (AvgIpc) is 3.62. The summed E-state index contributed by atoms with van der Waals surface area (Å²) in [5.74, 6) is -1.77. The molecule has 5 rings (SSSR count). The summed E-state index contributed by atoms with van der Waals surface area (Å²) in [7, 11) is -3.81. The lowest BCUT2D eigenvalue weighted by molar-refractivity contribution is 0.147. The van der Waals surface area contributed by atoms with E-state index in [9.17, 15) is 22.0 Å². The summed E-state index contributed by atoms with van der Waals surface area (Å²) >= 11 is 0. The van der Waals surface area contributed by atoms with Crippen LogP contribution < -0.4 is 14.8 Å². The van der Waals surface area contributed by atoms with E-state index in [1.807, 2.05) is 0 Å². The number of nitrogens with one attached hydrogen (secondary N) is 2. The van der Waals surface area contributed by atoms with E-state index in [0.29, 0.717) is 12.8 Å². The zero-order valence-electron chi connectivity index (χ0n) is 18.3. The molecule has 1 aromatic heterocycles. The Morgan fingerprint density at radius 2 is 1.97 bits per heavy atom. The van der Waals surface area contributed by atoms with Crippen molar-refractivity contribution in [3.63, 3.8) is 0 Å². The Hall–Kier alpha value is -2.93. The summed E-state index contributed by atoms with van der Waals surface area (Å²) in [6.45, 7) is -0.605. The maximum absolute atomic E-state index is 15.4. The Labute approximate surface area is 198 Å². The van der Waals surface area contributed by atoms with Crippen LogP contribution in [0, 0.1) is 5.82 Å². The van der Waals surface area contributed by atoms with E-state index in [-0.39, 0.29) is 30.0 Å². The normalized spacial score (nSPS) is 24.7. The second kappa shape index (κ2) is 8.94. The monoisotopic (exact) mass is 514 g/mol. The van der Waals surface area contributed by atoms with Crippen LogP contribution in [0.1, 0.15) is 36.1 Å². The Morgan fingerprint density at radius 1 is 1.20 bits per heavy atom. The Bertz CT molecular complexity index is 1260. The SMILES string of the molecule is O=C1NCc2ccc(C(F)F)c(n2)Oc2cccc(c2F)C[C@H]2[C@@H](NS(=O)(=O)C3CC3)[C@@H](F)CN12. The lowest BCUT2D eigenvalue weighted by Gasteiger charge is -2.28. The van der Waals surface area contributed by atoms with Gasteiger partial charge in [-0.25, -0.2) is 40.5 Å². The summed E-state index contributed by atoms with van der Waals surface area (Å²) in [5, 5.41) is 1.95. The van der Waals surface area contributed by atoms with Crippen LogP contribution >= 0.6 is 0 Å². The Kier molecular flexibility index (Phi) is 6.08. The first kappa shape index (κ1) is 23.8. The lowest BCUT2D eigenvalue weighted by atomic mass is 9.99. The van der Waals surface area contributed by atoms with Crippen molar-refractivity contribution in [3.8, 4) is 11.6 Å². The number of carbonyl (C=O) groups is 1. The standard InChI is InChI=1S/C22H22F4N4O4S/c23-15-10-30-16(19(15)29-35(32,33)13-5-6-13)8-11-2-1-3-17(18(11)24)34-21-14(20(25)26)7-4-12(28-21)9-27-22(30)31/h1-4,7,13,15-16,19-20,29H,5-6,8-10H2,(H,27,31)/t15-,16-,19-/m0/s1. The van der Waals surface area contributed by atoms with Gasteiger partial charge >= 0.3 is 6.03 Å². The number of alkyl halides is 3. The third-order valence-electron chi connectivity index (χ3n) is 6.38. The van der Waals surface area contributed by atoms with Gasteiger partial charge in [0.2, 0.25) is 15.9 Å². The van der Waals surface area contributed by atoms with E-state index < -0.39 is 69.8 Å². The number of rotatable bonds is 4. The molecule has 3 heterocycles. The van der Waals surface area contributed by atoms with Gasteiger partial charge in [0, 0.05) is 0 Å². The number of hydrogen-bond donors (Lipinski definition) is 2. The number of aromatic nitrogens is 1. The van der Waals surface area contributed by atoms with Gasteiger partial charge in [-0.15, -0.1) is 0 Å². The van der Waals surface area contributed by atoms with Crippen LogP contribution in [-0.2, 0) is 23.0 Å². The van der Waals surface area contributed by atoms with Gasteiger partial charge in [0.05, 0.1) is 41.7 Å². The smallest absolute Gasteiger partial charge is 0.318 e. The molecule has 4 bridgehead atoms. The van der Waals surface area contributed by atoms with Crippen molar-refractivity contribution in [1.29, 1.82) is 0 Å². The van der Waals surface area contributed by atoms with E-state index in [4.69, 9.17) is 4.74 Å². The second-order valence-corrected chi connectivity index (χ2v) is 10.8. The van der Waals surface area contributed by atoms with Crippen LogP contribution in [0.3, 0.4) is 0 Å². The molecule has 13 heteroatoms. The van der Waals surface area contributed by atoms with Crippen LogP contribution in [0.2, 0.25) is 0 Å². The first-order chi connectivity index (χ1) is 16.6. The van der Waals surface area contributed by atoms with Crippen LogP contribution in [0.25, 0.3) is 0 Å². The Morgan fingerprint density at radius 3 is 2.69 bits per heavy atom. The lowest BCUT2D eigenvalue weighted by Crippen LogP contribution is -2.52. The predicted molar refractivity (Wildman–Crippen MR) is 116 cm³/mol.